The molecule has 0 amide bonds. The molecule has 1 aliphatic rings. The molecule has 2 atom stereocenters. The maximum atomic E-state index is 5.72. The van der Waals surface area contributed by atoms with Crippen LogP contribution in [0.4, 0.5) is 5.69 Å². The minimum absolute atomic E-state index is 0.0178. The third-order valence-corrected chi connectivity index (χ3v) is 6.48. The Labute approximate surface area is 176 Å². The van der Waals surface area contributed by atoms with Crippen LogP contribution in [-0.4, -0.2) is 16.7 Å². The second-order valence-electron chi connectivity index (χ2n) is 6.09. The molecule has 0 saturated carbocycles. The van der Waals surface area contributed by atoms with Crippen LogP contribution in [0.15, 0.2) is 64.6 Å². The number of hydrogen-bond acceptors (Lipinski definition) is 4. The maximum absolute atomic E-state index is 5.72. The number of thiophene rings is 1. The van der Waals surface area contributed by atoms with E-state index in [0.29, 0.717) is 11.7 Å². The minimum Gasteiger partial charge on any atom is -0.494 e. The number of halogens is 1. The van der Waals surface area contributed by atoms with Crippen molar-refractivity contribution in [2.45, 2.75) is 19.0 Å². The van der Waals surface area contributed by atoms with Crippen LogP contribution in [0.3, 0.4) is 0 Å². The van der Waals surface area contributed by atoms with E-state index in [1.165, 1.54) is 4.88 Å². The maximum Gasteiger partial charge on any atom is 0.174 e. The van der Waals surface area contributed by atoms with Crippen molar-refractivity contribution in [3.63, 3.8) is 0 Å². The zero-order valence-electron chi connectivity index (χ0n) is 14.6. The summed E-state index contributed by atoms with van der Waals surface area (Å²) >= 11 is 11.0. The molecule has 7 heteroatoms. The lowest BCUT2D eigenvalue weighted by Gasteiger charge is -2.27. The highest BCUT2D eigenvalue weighted by Gasteiger charge is 2.41. The first kappa shape index (κ1) is 18.4. The largest absolute Gasteiger partial charge is 0.494 e. The van der Waals surface area contributed by atoms with Crippen LogP contribution >= 0.6 is 39.5 Å². The van der Waals surface area contributed by atoms with Crippen LogP contribution in [0, 0.1) is 0 Å². The zero-order valence-corrected chi connectivity index (χ0v) is 17.9. The predicted molar refractivity (Wildman–Crippen MR) is 118 cm³/mol. The van der Waals surface area contributed by atoms with Gasteiger partial charge in [-0.05, 0) is 77.5 Å². The van der Waals surface area contributed by atoms with Gasteiger partial charge < -0.3 is 15.0 Å². The number of nitrogens with one attached hydrogen (secondary N) is 1. The summed E-state index contributed by atoms with van der Waals surface area (Å²) in [6.07, 6.45) is 1.82. The first-order chi connectivity index (χ1) is 13.2. The number of ether oxygens (including phenoxy) is 1. The summed E-state index contributed by atoms with van der Waals surface area (Å²) in [5.41, 5.74) is 2.01. The fourth-order valence-electron chi connectivity index (χ4n) is 3.27. The Morgan fingerprint density at radius 3 is 2.70 bits per heavy atom. The first-order valence-electron chi connectivity index (χ1n) is 8.65. The second-order valence-corrected chi connectivity index (χ2v) is 8.34. The van der Waals surface area contributed by atoms with Gasteiger partial charge in [0.15, 0.2) is 5.11 Å². The lowest BCUT2D eigenvalue weighted by atomic mass is 10.0. The van der Waals surface area contributed by atoms with Gasteiger partial charge in [0.1, 0.15) is 5.75 Å². The highest BCUT2D eigenvalue weighted by molar-refractivity contribution is 9.10. The molecule has 1 fully saturated rings. The quantitative estimate of drug-likeness (QED) is 0.511. The van der Waals surface area contributed by atoms with Crippen molar-refractivity contribution in [2.75, 3.05) is 11.5 Å². The molecule has 27 heavy (non-hydrogen) atoms. The number of thiocarbonyl (C=S) groups is 1. The molecule has 0 spiro atoms. The van der Waals surface area contributed by atoms with Crippen molar-refractivity contribution in [2.24, 2.45) is 0 Å². The van der Waals surface area contributed by atoms with Crippen LogP contribution < -0.4 is 15.0 Å². The Morgan fingerprint density at radius 2 is 2.07 bits per heavy atom. The number of aromatic nitrogens is 1. The van der Waals surface area contributed by atoms with E-state index in [2.05, 4.69) is 54.7 Å². The summed E-state index contributed by atoms with van der Waals surface area (Å²) in [4.78, 5) is 7.96. The Balaban J connectivity index is 1.75. The fraction of sp³-hybridized carbons (Fsp3) is 0.200. The molecule has 1 aromatic carbocycles. The number of anilines is 1. The van der Waals surface area contributed by atoms with Crippen molar-refractivity contribution in [3.05, 3.63) is 75.2 Å². The van der Waals surface area contributed by atoms with Crippen LogP contribution in [0.2, 0.25) is 0 Å². The average Bonchev–Trinajstić information content (AvgIpc) is 3.26. The van der Waals surface area contributed by atoms with Crippen molar-refractivity contribution in [3.8, 4) is 5.75 Å². The molecule has 4 rings (SSSR count). The van der Waals surface area contributed by atoms with Gasteiger partial charge in [-0.2, -0.15) is 0 Å². The van der Waals surface area contributed by atoms with Gasteiger partial charge in [-0.15, -0.1) is 11.3 Å². The normalized spacial score (nSPS) is 19.2. The number of benzene rings is 1. The van der Waals surface area contributed by atoms with Gasteiger partial charge in [0.2, 0.25) is 0 Å². The molecule has 2 aromatic heterocycles. The molecule has 0 unspecified atom stereocenters. The number of nitrogens with zero attached hydrogens (tertiary/aromatic N) is 2. The number of hydrogen-bond donors (Lipinski definition) is 1. The lowest BCUT2D eigenvalue weighted by Crippen LogP contribution is -2.29. The fourth-order valence-corrected chi connectivity index (χ4v) is 5.19. The number of rotatable bonds is 5. The smallest absolute Gasteiger partial charge is 0.174 e. The van der Waals surface area contributed by atoms with E-state index < -0.39 is 0 Å². The number of pyridine rings is 1. The van der Waals surface area contributed by atoms with E-state index in [4.69, 9.17) is 17.0 Å². The van der Waals surface area contributed by atoms with Gasteiger partial charge in [-0.3, -0.25) is 4.98 Å². The third-order valence-electron chi connectivity index (χ3n) is 4.40. The average molecular weight is 460 g/mol. The molecule has 1 aliphatic heterocycles. The molecule has 1 saturated heterocycles. The van der Waals surface area contributed by atoms with Crippen molar-refractivity contribution < 1.29 is 4.74 Å². The lowest BCUT2D eigenvalue weighted by molar-refractivity contribution is 0.340. The van der Waals surface area contributed by atoms with Gasteiger partial charge in [0.25, 0.3) is 0 Å². The Kier molecular flexibility index (Phi) is 5.43. The van der Waals surface area contributed by atoms with Crippen LogP contribution in [0.5, 0.6) is 5.75 Å². The monoisotopic (exact) mass is 459 g/mol. The van der Waals surface area contributed by atoms with E-state index >= 15 is 0 Å². The van der Waals surface area contributed by atoms with Crippen molar-refractivity contribution in [1.29, 1.82) is 0 Å². The summed E-state index contributed by atoms with van der Waals surface area (Å²) in [5.74, 6) is 0.857. The third kappa shape index (κ3) is 3.72. The van der Waals surface area contributed by atoms with Crippen LogP contribution in [0.25, 0.3) is 0 Å². The van der Waals surface area contributed by atoms with Crippen molar-refractivity contribution >= 4 is 50.3 Å². The predicted octanol–water partition coefficient (Wildman–Crippen LogP) is 5.48. The zero-order chi connectivity index (χ0) is 18.8. The van der Waals surface area contributed by atoms with Gasteiger partial charge >= 0.3 is 0 Å². The van der Waals surface area contributed by atoms with Crippen LogP contribution in [-0.2, 0) is 0 Å². The molecule has 0 aliphatic carbocycles. The van der Waals surface area contributed by atoms with Gasteiger partial charge in [0.05, 0.1) is 24.4 Å². The molecule has 3 aromatic rings. The molecule has 0 bridgehead atoms. The molecule has 0 radical (unpaired) electrons. The SMILES string of the molecule is CCOc1ccc(N2C(=S)N[C@@H](c3ccccn3)[C@@H]2c2cc(Br)cs2)cc1. The Hall–Kier alpha value is -1.96. The highest BCUT2D eigenvalue weighted by Crippen LogP contribution is 2.44. The highest BCUT2D eigenvalue weighted by atomic mass is 79.9. The van der Waals surface area contributed by atoms with Crippen LogP contribution in [0.1, 0.15) is 29.6 Å². The topological polar surface area (TPSA) is 37.4 Å². The molecule has 4 nitrogen and oxygen atoms in total. The van der Waals surface area contributed by atoms with Gasteiger partial charge in [0, 0.05) is 26.6 Å². The summed E-state index contributed by atoms with van der Waals surface area (Å²) in [7, 11) is 0. The Bertz CT molecular complexity index is 930. The molecular weight excluding hydrogens is 442 g/mol. The molecule has 1 N–H and O–H groups in total. The Morgan fingerprint density at radius 1 is 1.26 bits per heavy atom. The van der Waals surface area contributed by atoms with E-state index in [1.54, 1.807) is 11.3 Å². The minimum atomic E-state index is -0.0178. The molecular formula is C20H18BrN3OS2. The van der Waals surface area contributed by atoms with Gasteiger partial charge in [-0.25, -0.2) is 0 Å². The van der Waals surface area contributed by atoms with E-state index in [-0.39, 0.29) is 12.1 Å². The summed E-state index contributed by atoms with van der Waals surface area (Å²) < 4.78 is 6.65. The molecule has 3 heterocycles. The molecule has 138 valence electrons. The van der Waals surface area contributed by atoms with E-state index in [0.717, 1.165) is 21.6 Å². The van der Waals surface area contributed by atoms with Crippen molar-refractivity contribution in [1.82, 2.24) is 10.3 Å². The second kappa shape index (κ2) is 7.96. The van der Waals surface area contributed by atoms with E-state index in [1.807, 2.05) is 43.5 Å². The summed E-state index contributed by atoms with van der Waals surface area (Å²) in [6.45, 7) is 2.63. The summed E-state index contributed by atoms with van der Waals surface area (Å²) in [5, 5.41) is 6.27. The standard InChI is InChI=1S/C20H18BrN3OS2/c1-2-25-15-8-6-14(7-9-15)24-19(17-11-13(21)12-27-17)18(23-20(24)26)16-5-3-4-10-22-16/h3-12,18-19H,2H2,1H3,(H,23,26)/t18-,19-/m0/s1. The van der Waals surface area contributed by atoms with E-state index in [9.17, 15) is 0 Å². The first-order valence-corrected chi connectivity index (χ1v) is 10.7. The summed E-state index contributed by atoms with van der Waals surface area (Å²) in [6, 6.07) is 16.2. The van der Waals surface area contributed by atoms with Gasteiger partial charge in [-0.1, -0.05) is 6.07 Å².